The molecule has 2 aromatic carbocycles. The number of alkyl halides is 8. The minimum absolute atomic E-state index is 0.0284. The summed E-state index contributed by atoms with van der Waals surface area (Å²) < 4.78 is 205. The van der Waals surface area contributed by atoms with Crippen molar-refractivity contribution in [2.45, 2.75) is 101 Å². The number of benzene rings is 2. The smallest absolute Gasteiger partial charge is 0.435 e. The van der Waals surface area contributed by atoms with Crippen molar-refractivity contribution in [3.8, 4) is 23.0 Å². The van der Waals surface area contributed by atoms with Gasteiger partial charge in [0.2, 0.25) is 15.9 Å². The molecule has 0 radical (unpaired) electrons. The molecule has 2 atom stereocenters. The molecule has 1 saturated carbocycles. The van der Waals surface area contributed by atoms with Crippen molar-refractivity contribution in [2.75, 3.05) is 16.8 Å². The van der Waals surface area contributed by atoms with Crippen LogP contribution in [0.1, 0.15) is 72.2 Å². The molecule has 0 saturated heterocycles. The number of halogens is 10. The first-order valence-corrected chi connectivity index (χ1v) is 26.3. The Balaban J connectivity index is 1.47. The third-order valence-electron chi connectivity index (χ3n) is 12.5. The summed E-state index contributed by atoms with van der Waals surface area (Å²) in [6, 6.07) is 4.65. The molecule has 5 aromatic rings. The monoisotopic (exact) mass is 1120 g/mol. The summed E-state index contributed by atoms with van der Waals surface area (Å²) in [6.07, 6.45) is -12.2. The highest BCUT2D eigenvalue weighted by Crippen LogP contribution is 2.50. The van der Waals surface area contributed by atoms with Crippen molar-refractivity contribution < 1.29 is 75.1 Å². The number of carbonyl (C=O) groups is 2. The zero-order valence-electron chi connectivity index (χ0n) is 40.6. The van der Waals surface area contributed by atoms with E-state index in [-0.39, 0.29) is 61.1 Å². The molecule has 76 heavy (non-hydrogen) atoms. The van der Waals surface area contributed by atoms with Gasteiger partial charge in [-0.05, 0) is 74.9 Å². The van der Waals surface area contributed by atoms with Crippen LogP contribution in [0.25, 0.3) is 22.0 Å². The average molecular weight is 1120 g/mol. The van der Waals surface area contributed by atoms with E-state index < -0.39 is 151 Å². The number of aryl methyl sites for hydroxylation is 1. The van der Waals surface area contributed by atoms with E-state index in [1.807, 2.05) is 0 Å². The lowest BCUT2D eigenvalue weighted by molar-refractivity contribution is -0.143. The second-order valence-electron chi connectivity index (χ2n) is 18.7. The molecular weight excluding hydrogens is 1070 g/mol. The number of nitrogens with one attached hydrogen (secondary N) is 1. The Morgan fingerprint density at radius 2 is 1.62 bits per heavy atom. The van der Waals surface area contributed by atoms with Crippen LogP contribution in [-0.4, -0.2) is 94.9 Å². The summed E-state index contributed by atoms with van der Waals surface area (Å²) >= 11 is 0. The minimum Gasteiger partial charge on any atom is -0.445 e. The van der Waals surface area contributed by atoms with Gasteiger partial charge in [-0.1, -0.05) is 24.1 Å². The number of sulfone groups is 1. The number of aromatic nitrogens is 5. The highest BCUT2D eigenvalue weighted by molar-refractivity contribution is 7.93. The van der Waals surface area contributed by atoms with Gasteiger partial charge in [0, 0.05) is 47.2 Å². The van der Waals surface area contributed by atoms with Crippen LogP contribution in [0, 0.1) is 36.3 Å². The number of rotatable bonds is 14. The highest BCUT2D eigenvalue weighted by atomic mass is 32.2. The third-order valence-corrected chi connectivity index (χ3v) is 15.5. The maximum absolute atomic E-state index is 15.8. The van der Waals surface area contributed by atoms with Gasteiger partial charge in [-0.15, -0.1) is 6.58 Å². The first kappa shape index (κ1) is 56.5. The van der Waals surface area contributed by atoms with Crippen molar-refractivity contribution in [3.05, 3.63) is 106 Å². The molecule has 29 heteroatoms. The number of carbonyl (C=O) groups excluding carboxylic acids is 2. The number of pyridine rings is 1. The number of hydrogen-bond donors (Lipinski definition) is 3. The van der Waals surface area contributed by atoms with E-state index in [2.05, 4.69) is 43.9 Å². The van der Waals surface area contributed by atoms with Crippen LogP contribution >= 0.6 is 0 Å². The molecule has 408 valence electrons. The zero-order chi connectivity index (χ0) is 56.4. The molecule has 2 aliphatic carbocycles. The number of nitrogens with two attached hydrogens (primary N) is 2. The quantitative estimate of drug-likeness (QED) is 0.0339. The van der Waals surface area contributed by atoms with Crippen LogP contribution < -0.4 is 21.1 Å². The van der Waals surface area contributed by atoms with Crippen molar-refractivity contribution in [1.29, 1.82) is 0 Å². The van der Waals surface area contributed by atoms with Crippen LogP contribution in [0.2, 0.25) is 0 Å². The van der Waals surface area contributed by atoms with Crippen molar-refractivity contribution >= 4 is 54.5 Å². The number of fused-ring (bicyclic) bond motifs is 2. The topological polar surface area (TPSA) is 240 Å². The van der Waals surface area contributed by atoms with Crippen LogP contribution in [0.15, 0.2) is 60.1 Å². The van der Waals surface area contributed by atoms with Gasteiger partial charge in [0.05, 0.1) is 35.5 Å². The van der Waals surface area contributed by atoms with E-state index in [1.54, 1.807) is 0 Å². The number of allylic oxidation sites excluding steroid dienone is 1. The number of ether oxygens (including phenoxy) is 1. The largest absolute Gasteiger partial charge is 0.445 e. The Morgan fingerprint density at radius 3 is 2.18 bits per heavy atom. The standard InChI is InChI=1S/C47H46F10N10O7S2/c1-7-25-17-33-39(47(55,56)57)63-65(40(33)46(25,53)54)21-35(68)62-34(16-24-14-26(48)18-27(49)15-24)37-31(11-9-28(60-37)12-13-44(3,4)75(5,70)71)32-10-8-23(2)36-38(32)66(22-45(50,51)52)64-41(36)67(76(6,72)73)43(69)74-30-19-29(20-30)61-42(58)59/h7-11,14-15,18,25,29-30,34H,1,16-17,19-22H2,2-6H3,(H,62,68)(H4,58,59,61)/t25-,29?,30?,34+/m1/s1. The minimum atomic E-state index is -5.28. The molecule has 0 bridgehead atoms. The fourth-order valence-corrected chi connectivity index (χ4v) is 9.68. The summed E-state index contributed by atoms with van der Waals surface area (Å²) in [5.41, 5.74) is 4.89. The van der Waals surface area contributed by atoms with Crippen LogP contribution in [-0.2, 0) is 67.4 Å². The number of amides is 2. The summed E-state index contributed by atoms with van der Waals surface area (Å²) in [4.78, 5) is 36.6. The van der Waals surface area contributed by atoms with Crippen LogP contribution in [0.5, 0.6) is 0 Å². The Hall–Kier alpha value is -7.22. The Bertz CT molecular complexity index is 3480. The molecule has 1 fully saturated rings. The molecule has 5 N–H and O–H groups in total. The zero-order valence-corrected chi connectivity index (χ0v) is 42.3. The molecule has 0 spiro atoms. The molecule has 3 aromatic heterocycles. The third kappa shape index (κ3) is 11.8. The SMILES string of the molecule is C=C[C@@H]1Cc2c(C(F)(F)F)nn(CC(=O)N[C@@H](Cc3cc(F)cc(F)c3)c3nc(C#CC(C)(C)S(C)(=O)=O)ccc3-c3ccc(C)c4c(N(C(=O)OC5CC(N=C(N)N)C5)S(C)(=O)=O)nn(CC(F)(F)F)c34)c2C1(F)F. The van der Waals surface area contributed by atoms with Gasteiger partial charge in [0.15, 0.2) is 27.3 Å². The Labute approximate surface area is 427 Å². The summed E-state index contributed by atoms with van der Waals surface area (Å²) in [5.74, 6) is -5.54. The summed E-state index contributed by atoms with van der Waals surface area (Å²) in [6.45, 7) is 3.83. The van der Waals surface area contributed by atoms with Gasteiger partial charge in [-0.3, -0.25) is 19.2 Å². The number of guanidine groups is 1. The molecule has 17 nitrogen and oxygen atoms in total. The highest BCUT2D eigenvalue weighted by Gasteiger charge is 2.55. The predicted octanol–water partition coefficient (Wildman–Crippen LogP) is 6.89. The second-order valence-corrected chi connectivity index (χ2v) is 23.1. The normalized spacial score (nSPS) is 18.0. The van der Waals surface area contributed by atoms with Gasteiger partial charge >= 0.3 is 18.4 Å². The van der Waals surface area contributed by atoms with Gasteiger partial charge < -0.3 is 21.5 Å². The lowest BCUT2D eigenvalue weighted by Gasteiger charge is -2.33. The Kier molecular flexibility index (Phi) is 14.9. The van der Waals surface area contributed by atoms with E-state index in [4.69, 9.17) is 16.2 Å². The van der Waals surface area contributed by atoms with Gasteiger partial charge in [0.1, 0.15) is 47.0 Å². The van der Waals surface area contributed by atoms with Gasteiger partial charge in [0.25, 0.3) is 5.92 Å². The number of sulfonamides is 1. The molecular formula is C47H46F10N10O7S2. The fraction of sp³-hybridized carbons (Fsp3) is 0.404. The van der Waals surface area contributed by atoms with Crippen LogP contribution in [0.4, 0.5) is 54.5 Å². The van der Waals surface area contributed by atoms with Crippen molar-refractivity contribution in [1.82, 2.24) is 29.9 Å². The molecule has 0 unspecified atom stereocenters. The number of nitrogens with zero attached hydrogens (tertiary/aromatic N) is 7. The van der Waals surface area contributed by atoms with Crippen LogP contribution in [0.3, 0.4) is 0 Å². The van der Waals surface area contributed by atoms with Crippen molar-refractivity contribution in [2.24, 2.45) is 22.4 Å². The van der Waals surface area contributed by atoms with Crippen molar-refractivity contribution in [3.63, 3.8) is 0 Å². The molecule has 3 heterocycles. The van der Waals surface area contributed by atoms with E-state index >= 15 is 8.78 Å². The molecule has 2 aliphatic rings. The molecule has 7 rings (SSSR count). The first-order valence-electron chi connectivity index (χ1n) is 22.5. The molecule has 0 aliphatic heterocycles. The maximum atomic E-state index is 15.8. The predicted molar refractivity (Wildman–Crippen MR) is 255 cm³/mol. The number of anilines is 1. The van der Waals surface area contributed by atoms with E-state index in [1.165, 1.54) is 45.0 Å². The maximum Gasteiger partial charge on any atom is 0.435 e. The van der Waals surface area contributed by atoms with E-state index in [0.29, 0.717) is 17.0 Å². The summed E-state index contributed by atoms with van der Waals surface area (Å²) in [5, 5.41) is 9.41. The average Bonchev–Trinajstić information content (AvgIpc) is 3.89. The first-order chi connectivity index (χ1) is 35.0. The Morgan fingerprint density at radius 1 is 0.987 bits per heavy atom. The second kappa shape index (κ2) is 20.1. The number of aliphatic imine (C=N–C) groups is 1. The number of hydrogen-bond acceptors (Lipinski definition) is 11. The lowest BCUT2D eigenvalue weighted by Crippen LogP contribution is -2.44. The lowest BCUT2D eigenvalue weighted by atomic mass is 9.90. The van der Waals surface area contributed by atoms with Gasteiger partial charge in [-0.2, -0.15) is 49.6 Å². The molecule has 2 amide bonds. The van der Waals surface area contributed by atoms with Gasteiger partial charge in [-0.25, -0.2) is 35.4 Å². The fourth-order valence-electron chi connectivity index (χ4n) is 8.68. The van der Waals surface area contributed by atoms with E-state index in [0.717, 1.165) is 24.5 Å². The van der Waals surface area contributed by atoms with E-state index in [9.17, 15) is 61.5 Å². The summed E-state index contributed by atoms with van der Waals surface area (Å²) in [7, 11) is -8.74.